The minimum atomic E-state index is 0.0882. The van der Waals surface area contributed by atoms with Crippen LogP contribution in [-0.2, 0) is 4.79 Å². The number of imidazole rings is 1. The van der Waals surface area contributed by atoms with Crippen LogP contribution in [0.2, 0.25) is 0 Å². The number of carbonyl (C=O) groups excluding carboxylic acids is 1. The fraction of sp³-hybridized carbons (Fsp3) is 0.400. The molecule has 1 saturated heterocycles. The summed E-state index contributed by atoms with van der Waals surface area (Å²) in [5.74, 6) is 1.83. The molecule has 2 atom stereocenters. The lowest BCUT2D eigenvalue weighted by Crippen LogP contribution is -2.35. The number of rotatable bonds is 3. The van der Waals surface area contributed by atoms with Crippen LogP contribution in [-0.4, -0.2) is 38.3 Å². The van der Waals surface area contributed by atoms with Gasteiger partial charge in [-0.2, -0.15) is 5.26 Å². The number of nitrogens with zero attached hydrogens (tertiary/aromatic N) is 4. The molecule has 1 amide bonds. The van der Waals surface area contributed by atoms with Gasteiger partial charge in [-0.3, -0.25) is 9.78 Å². The van der Waals surface area contributed by atoms with Crippen molar-refractivity contribution < 1.29 is 4.79 Å². The van der Waals surface area contributed by atoms with Crippen molar-refractivity contribution in [2.24, 2.45) is 5.92 Å². The molecule has 2 fully saturated rings. The third-order valence-electron chi connectivity index (χ3n) is 5.80. The van der Waals surface area contributed by atoms with E-state index in [0.717, 1.165) is 34.3 Å². The summed E-state index contributed by atoms with van der Waals surface area (Å²) in [6.45, 7) is 2.89. The van der Waals surface area contributed by atoms with Crippen LogP contribution in [0.4, 0.5) is 0 Å². The summed E-state index contributed by atoms with van der Waals surface area (Å²) in [4.78, 5) is 27.1. The molecule has 1 unspecified atom stereocenters. The van der Waals surface area contributed by atoms with Crippen LogP contribution < -0.4 is 0 Å². The lowest BCUT2D eigenvalue weighted by molar-refractivity contribution is -0.129. The number of benzene rings is 1. The van der Waals surface area contributed by atoms with E-state index < -0.39 is 0 Å². The second-order valence-electron chi connectivity index (χ2n) is 7.51. The quantitative estimate of drug-likeness (QED) is 0.790. The van der Waals surface area contributed by atoms with Gasteiger partial charge in [-0.05, 0) is 43.9 Å². The van der Waals surface area contributed by atoms with Gasteiger partial charge in [0.25, 0.3) is 0 Å². The van der Waals surface area contributed by atoms with E-state index in [9.17, 15) is 4.79 Å². The van der Waals surface area contributed by atoms with Crippen molar-refractivity contribution in [1.82, 2.24) is 19.9 Å². The molecule has 3 heterocycles. The number of carbonyl (C=O) groups is 1. The first kappa shape index (κ1) is 15.3. The summed E-state index contributed by atoms with van der Waals surface area (Å²) >= 11 is 0. The predicted octanol–water partition coefficient (Wildman–Crippen LogP) is 3.10. The van der Waals surface area contributed by atoms with Crippen molar-refractivity contribution in [1.29, 1.82) is 5.26 Å². The van der Waals surface area contributed by atoms with E-state index in [1.165, 1.54) is 12.8 Å². The van der Waals surface area contributed by atoms with Crippen molar-refractivity contribution in [2.45, 2.75) is 38.1 Å². The number of hydrogen-bond acceptors (Lipinski definition) is 4. The van der Waals surface area contributed by atoms with Gasteiger partial charge in [-0.25, -0.2) is 4.98 Å². The molecule has 1 aliphatic heterocycles. The highest BCUT2D eigenvalue weighted by Crippen LogP contribution is 2.39. The Bertz CT molecular complexity index is 1070. The molecule has 1 saturated carbocycles. The first-order valence-electron chi connectivity index (χ1n) is 9.12. The molecule has 0 bridgehead atoms. The van der Waals surface area contributed by atoms with Crippen LogP contribution >= 0.6 is 0 Å². The molecular formula is C20H19N5O. The molecular weight excluding hydrogens is 326 g/mol. The van der Waals surface area contributed by atoms with E-state index in [4.69, 9.17) is 10.2 Å². The Labute approximate surface area is 150 Å². The first-order valence-corrected chi connectivity index (χ1v) is 9.12. The van der Waals surface area contributed by atoms with Crippen LogP contribution in [0.5, 0.6) is 0 Å². The molecule has 3 aromatic rings. The fourth-order valence-electron chi connectivity index (χ4n) is 4.08. The summed E-state index contributed by atoms with van der Waals surface area (Å²) in [6.07, 6.45) is 4.76. The highest BCUT2D eigenvalue weighted by molar-refractivity contribution is 6.02. The Morgan fingerprint density at radius 1 is 1.38 bits per heavy atom. The van der Waals surface area contributed by atoms with Gasteiger partial charge in [0.1, 0.15) is 5.82 Å². The van der Waals surface area contributed by atoms with Crippen molar-refractivity contribution in [3.05, 3.63) is 35.8 Å². The maximum Gasteiger partial charge on any atom is 0.223 e. The maximum absolute atomic E-state index is 12.5. The lowest BCUT2D eigenvalue weighted by Gasteiger charge is -2.24. The van der Waals surface area contributed by atoms with E-state index >= 15 is 0 Å². The standard InChI is InChI=1S/C20H19N5O/c1-11(13-3-4-13)25-10-14(7-18(25)26)20-23-17-9-22-16-5-2-12(8-21)6-15(16)19(17)24-20/h2,5-6,9,11,13-14H,3-4,7,10H2,1H3,(H,23,24)/t11-,14?/m0/s1. The molecule has 26 heavy (non-hydrogen) atoms. The third kappa shape index (κ3) is 2.35. The zero-order valence-corrected chi connectivity index (χ0v) is 14.6. The second kappa shape index (κ2) is 5.53. The number of pyridine rings is 1. The Balaban J connectivity index is 1.53. The Kier molecular flexibility index (Phi) is 3.26. The smallest absolute Gasteiger partial charge is 0.223 e. The molecule has 6 heteroatoms. The van der Waals surface area contributed by atoms with Crippen LogP contribution in [0, 0.1) is 17.2 Å². The van der Waals surface area contributed by atoms with Crippen LogP contribution in [0.25, 0.3) is 21.9 Å². The number of hydrogen-bond donors (Lipinski definition) is 1. The van der Waals surface area contributed by atoms with E-state index in [2.05, 4.69) is 23.0 Å². The number of likely N-dealkylation sites (tertiary alicyclic amines) is 1. The number of nitriles is 1. The van der Waals surface area contributed by atoms with E-state index in [1.807, 2.05) is 17.0 Å². The summed E-state index contributed by atoms with van der Waals surface area (Å²) < 4.78 is 0. The number of nitrogens with one attached hydrogen (secondary N) is 1. The minimum Gasteiger partial charge on any atom is -0.340 e. The summed E-state index contributed by atoms with van der Waals surface area (Å²) in [5, 5.41) is 10.0. The maximum atomic E-state index is 12.5. The van der Waals surface area contributed by atoms with Gasteiger partial charge in [0.15, 0.2) is 0 Å². The van der Waals surface area contributed by atoms with E-state index in [-0.39, 0.29) is 11.8 Å². The Hall–Kier alpha value is -2.94. The monoisotopic (exact) mass is 345 g/mol. The van der Waals surface area contributed by atoms with Gasteiger partial charge in [-0.15, -0.1) is 0 Å². The van der Waals surface area contributed by atoms with E-state index in [1.54, 1.807) is 12.3 Å². The molecule has 1 aliphatic carbocycles. The summed E-state index contributed by atoms with van der Waals surface area (Å²) in [5.41, 5.74) is 3.09. The van der Waals surface area contributed by atoms with Gasteiger partial charge in [0.2, 0.25) is 5.91 Å². The highest BCUT2D eigenvalue weighted by Gasteiger charge is 2.40. The van der Waals surface area contributed by atoms with Gasteiger partial charge < -0.3 is 9.88 Å². The second-order valence-corrected chi connectivity index (χ2v) is 7.51. The molecule has 1 aromatic carbocycles. The van der Waals surface area contributed by atoms with Crippen molar-refractivity contribution in [3.63, 3.8) is 0 Å². The average Bonchev–Trinajstić information content (AvgIpc) is 3.30. The van der Waals surface area contributed by atoms with Crippen LogP contribution in [0.15, 0.2) is 24.4 Å². The number of fused-ring (bicyclic) bond motifs is 3. The summed E-state index contributed by atoms with van der Waals surface area (Å²) in [7, 11) is 0. The minimum absolute atomic E-state index is 0.0882. The van der Waals surface area contributed by atoms with Gasteiger partial charge in [0.05, 0.1) is 34.4 Å². The topological polar surface area (TPSA) is 85.7 Å². The fourth-order valence-corrected chi connectivity index (χ4v) is 4.08. The Morgan fingerprint density at radius 2 is 2.23 bits per heavy atom. The molecule has 6 nitrogen and oxygen atoms in total. The zero-order chi connectivity index (χ0) is 17.8. The molecule has 0 radical (unpaired) electrons. The molecule has 0 spiro atoms. The van der Waals surface area contributed by atoms with Crippen molar-refractivity contribution in [2.75, 3.05) is 6.54 Å². The van der Waals surface area contributed by atoms with Crippen LogP contribution in [0.3, 0.4) is 0 Å². The van der Waals surface area contributed by atoms with Gasteiger partial charge in [-0.1, -0.05) is 0 Å². The highest BCUT2D eigenvalue weighted by atomic mass is 16.2. The molecule has 1 N–H and O–H groups in total. The van der Waals surface area contributed by atoms with Gasteiger partial charge in [0, 0.05) is 30.3 Å². The predicted molar refractivity (Wildman–Crippen MR) is 97.4 cm³/mol. The molecule has 2 aliphatic rings. The molecule has 5 rings (SSSR count). The molecule has 2 aromatic heterocycles. The van der Waals surface area contributed by atoms with Gasteiger partial charge >= 0.3 is 0 Å². The number of aromatic nitrogens is 3. The zero-order valence-electron chi connectivity index (χ0n) is 14.6. The normalized spacial score (nSPS) is 21.5. The molecule has 130 valence electrons. The van der Waals surface area contributed by atoms with Crippen LogP contribution in [0.1, 0.15) is 43.5 Å². The number of H-pyrrole nitrogens is 1. The lowest BCUT2D eigenvalue weighted by atomic mass is 10.1. The largest absolute Gasteiger partial charge is 0.340 e. The third-order valence-corrected chi connectivity index (χ3v) is 5.80. The average molecular weight is 345 g/mol. The Morgan fingerprint density at radius 3 is 3.00 bits per heavy atom. The van der Waals surface area contributed by atoms with Crippen molar-refractivity contribution in [3.8, 4) is 6.07 Å². The number of aromatic amines is 1. The first-order chi connectivity index (χ1) is 12.6. The SMILES string of the molecule is C[C@@H](C1CC1)N1CC(c2nc3c(cnc4ccc(C#N)cc43)[nH]2)CC1=O. The summed E-state index contributed by atoms with van der Waals surface area (Å²) in [6, 6.07) is 7.94. The van der Waals surface area contributed by atoms with Crippen molar-refractivity contribution >= 4 is 27.8 Å². The van der Waals surface area contributed by atoms with E-state index in [0.29, 0.717) is 23.9 Å². The number of amides is 1.